The molecule has 1 heterocycles. The molecule has 0 saturated heterocycles. The lowest BCUT2D eigenvalue weighted by Gasteiger charge is -2.09. The molecule has 3 nitrogen and oxygen atoms in total. The Kier molecular flexibility index (Phi) is 4.71. The van der Waals surface area contributed by atoms with Gasteiger partial charge >= 0.3 is 0 Å². The molecule has 2 aromatic rings. The van der Waals surface area contributed by atoms with Crippen LogP contribution in [0.1, 0.15) is 30.6 Å². The van der Waals surface area contributed by atoms with Crippen LogP contribution in [-0.4, -0.2) is 14.9 Å². The molecule has 0 amide bonds. The number of rotatable bonds is 5. The highest BCUT2D eigenvalue weighted by Crippen LogP contribution is 2.21. The summed E-state index contributed by atoms with van der Waals surface area (Å²) in [6.07, 6.45) is 4.19. The Morgan fingerprint density at radius 3 is 2.89 bits per heavy atom. The molecule has 5 heteroatoms. The minimum absolute atomic E-state index is 0.307. The first-order valence-electron chi connectivity index (χ1n) is 6.24. The van der Waals surface area contributed by atoms with Crippen molar-refractivity contribution in [2.75, 3.05) is 0 Å². The first-order chi connectivity index (χ1) is 9.08. The molecule has 2 rings (SSSR count). The zero-order chi connectivity index (χ0) is 13.8. The summed E-state index contributed by atoms with van der Waals surface area (Å²) in [6.45, 7) is 2.90. The first kappa shape index (κ1) is 14.2. The summed E-state index contributed by atoms with van der Waals surface area (Å²) >= 11 is 3.25. The molecule has 0 aliphatic heterocycles. The zero-order valence-electron chi connectivity index (χ0n) is 10.7. The monoisotopic (exact) mass is 326 g/mol. The molecule has 0 aliphatic rings. The van der Waals surface area contributed by atoms with Gasteiger partial charge in [-0.05, 0) is 30.2 Å². The third-order valence-corrected chi connectivity index (χ3v) is 3.30. The van der Waals surface area contributed by atoms with Gasteiger partial charge in [0.05, 0.1) is 12.3 Å². The molecule has 0 fully saturated rings. The normalized spacial score (nSPS) is 12.6. The molecule has 0 aliphatic carbocycles. The van der Waals surface area contributed by atoms with Crippen LogP contribution in [0, 0.1) is 5.82 Å². The number of benzene rings is 1. The third-order valence-electron chi connectivity index (χ3n) is 2.84. The molecule has 0 saturated carbocycles. The number of hydrogen-bond acceptors (Lipinski definition) is 2. The predicted octanol–water partition coefficient (Wildman–Crippen LogP) is 3.47. The number of aryl methyl sites for hydroxylation is 1. The lowest BCUT2D eigenvalue weighted by atomic mass is 10.0. The van der Waals surface area contributed by atoms with E-state index in [1.165, 1.54) is 12.1 Å². The first-order valence-corrected chi connectivity index (χ1v) is 7.03. The standard InChI is InChI=1S/C14H16BrFN2O/c1-2-3-18-9-11(8-17-18)14(19)6-10-4-12(15)7-13(16)5-10/h4-5,7-9,14,19H,2-3,6H2,1H3. The SMILES string of the molecule is CCCn1cc(C(O)Cc2cc(F)cc(Br)c2)cn1. The van der Waals surface area contributed by atoms with E-state index in [0.29, 0.717) is 10.9 Å². The topological polar surface area (TPSA) is 38.0 Å². The lowest BCUT2D eigenvalue weighted by Crippen LogP contribution is -2.02. The fourth-order valence-corrected chi connectivity index (χ4v) is 2.49. The summed E-state index contributed by atoms with van der Waals surface area (Å²) in [6, 6.07) is 4.64. The van der Waals surface area contributed by atoms with Gasteiger partial charge in [-0.15, -0.1) is 0 Å². The van der Waals surface area contributed by atoms with Gasteiger partial charge in [-0.2, -0.15) is 5.10 Å². The summed E-state index contributed by atoms with van der Waals surface area (Å²) in [4.78, 5) is 0. The van der Waals surface area contributed by atoms with Crippen molar-refractivity contribution in [1.82, 2.24) is 9.78 Å². The van der Waals surface area contributed by atoms with Crippen LogP contribution < -0.4 is 0 Å². The van der Waals surface area contributed by atoms with Crippen LogP contribution in [0.25, 0.3) is 0 Å². The summed E-state index contributed by atoms with van der Waals surface area (Å²) < 4.78 is 15.7. The van der Waals surface area contributed by atoms with E-state index in [-0.39, 0.29) is 5.82 Å². The maximum absolute atomic E-state index is 13.3. The molecule has 1 unspecified atom stereocenters. The van der Waals surface area contributed by atoms with Crippen molar-refractivity contribution >= 4 is 15.9 Å². The molecular formula is C14H16BrFN2O. The number of aliphatic hydroxyl groups excluding tert-OH is 1. The van der Waals surface area contributed by atoms with E-state index in [1.807, 2.05) is 12.3 Å². The third kappa shape index (κ3) is 3.88. The van der Waals surface area contributed by atoms with Crippen LogP contribution in [0.5, 0.6) is 0 Å². The number of aliphatic hydroxyl groups is 1. The molecule has 1 aromatic carbocycles. The maximum Gasteiger partial charge on any atom is 0.124 e. The minimum atomic E-state index is -0.667. The van der Waals surface area contributed by atoms with Crippen LogP contribution in [0.4, 0.5) is 4.39 Å². The number of aromatic nitrogens is 2. The van der Waals surface area contributed by atoms with Gasteiger partial charge in [0.25, 0.3) is 0 Å². The highest BCUT2D eigenvalue weighted by atomic mass is 79.9. The van der Waals surface area contributed by atoms with Crippen LogP contribution >= 0.6 is 15.9 Å². The van der Waals surface area contributed by atoms with Gasteiger partial charge in [-0.1, -0.05) is 22.9 Å². The number of hydrogen-bond donors (Lipinski definition) is 1. The Morgan fingerprint density at radius 1 is 1.42 bits per heavy atom. The number of halogens is 2. The molecule has 0 radical (unpaired) electrons. The molecule has 1 aromatic heterocycles. The van der Waals surface area contributed by atoms with Crippen molar-refractivity contribution < 1.29 is 9.50 Å². The average Bonchev–Trinajstić information content (AvgIpc) is 2.76. The Morgan fingerprint density at radius 2 is 2.21 bits per heavy atom. The highest BCUT2D eigenvalue weighted by molar-refractivity contribution is 9.10. The van der Waals surface area contributed by atoms with E-state index in [0.717, 1.165) is 24.1 Å². The molecule has 1 N–H and O–H groups in total. The molecule has 0 bridgehead atoms. The average molecular weight is 327 g/mol. The van der Waals surface area contributed by atoms with Crippen molar-refractivity contribution in [3.05, 3.63) is 52.0 Å². The van der Waals surface area contributed by atoms with Gasteiger partial charge < -0.3 is 5.11 Å². The second-order valence-corrected chi connectivity index (χ2v) is 5.45. The lowest BCUT2D eigenvalue weighted by molar-refractivity contribution is 0.178. The second kappa shape index (κ2) is 6.30. The van der Waals surface area contributed by atoms with Crippen molar-refractivity contribution in [2.45, 2.75) is 32.4 Å². The van der Waals surface area contributed by atoms with E-state index in [1.54, 1.807) is 10.9 Å². The van der Waals surface area contributed by atoms with Gasteiger partial charge in [0.2, 0.25) is 0 Å². The summed E-state index contributed by atoms with van der Waals surface area (Å²) in [5.74, 6) is -0.307. The summed E-state index contributed by atoms with van der Waals surface area (Å²) in [5, 5.41) is 14.3. The second-order valence-electron chi connectivity index (χ2n) is 4.53. The van der Waals surface area contributed by atoms with Crippen LogP contribution in [0.3, 0.4) is 0 Å². The smallest absolute Gasteiger partial charge is 0.124 e. The maximum atomic E-state index is 13.3. The van der Waals surface area contributed by atoms with Gasteiger partial charge in [0, 0.05) is 29.2 Å². The highest BCUT2D eigenvalue weighted by Gasteiger charge is 2.12. The van der Waals surface area contributed by atoms with Gasteiger partial charge in [-0.3, -0.25) is 4.68 Å². The van der Waals surface area contributed by atoms with E-state index >= 15 is 0 Å². The minimum Gasteiger partial charge on any atom is -0.388 e. The number of nitrogens with zero attached hydrogens (tertiary/aromatic N) is 2. The van der Waals surface area contributed by atoms with E-state index in [9.17, 15) is 9.50 Å². The summed E-state index contributed by atoms with van der Waals surface area (Å²) in [7, 11) is 0. The molecule has 0 spiro atoms. The predicted molar refractivity (Wildman–Crippen MR) is 75.3 cm³/mol. The fraction of sp³-hybridized carbons (Fsp3) is 0.357. The Hall–Kier alpha value is -1.20. The van der Waals surface area contributed by atoms with Gasteiger partial charge in [-0.25, -0.2) is 4.39 Å². The van der Waals surface area contributed by atoms with Crippen LogP contribution in [0.15, 0.2) is 35.1 Å². The van der Waals surface area contributed by atoms with Gasteiger partial charge in [0.1, 0.15) is 5.82 Å². The van der Waals surface area contributed by atoms with E-state index in [2.05, 4.69) is 28.0 Å². The molecule has 1 atom stereocenters. The van der Waals surface area contributed by atoms with Crippen molar-refractivity contribution in [1.29, 1.82) is 0 Å². The Labute approximate surface area is 120 Å². The van der Waals surface area contributed by atoms with Crippen molar-refractivity contribution in [3.8, 4) is 0 Å². The summed E-state index contributed by atoms with van der Waals surface area (Å²) in [5.41, 5.74) is 1.51. The van der Waals surface area contributed by atoms with E-state index < -0.39 is 6.10 Å². The molecular weight excluding hydrogens is 311 g/mol. The Balaban J connectivity index is 2.08. The van der Waals surface area contributed by atoms with Crippen LogP contribution in [-0.2, 0) is 13.0 Å². The quantitative estimate of drug-likeness (QED) is 0.913. The fourth-order valence-electron chi connectivity index (χ4n) is 1.97. The largest absolute Gasteiger partial charge is 0.388 e. The zero-order valence-corrected chi connectivity index (χ0v) is 12.3. The van der Waals surface area contributed by atoms with Crippen molar-refractivity contribution in [3.63, 3.8) is 0 Å². The molecule has 102 valence electrons. The van der Waals surface area contributed by atoms with E-state index in [4.69, 9.17) is 0 Å². The Bertz CT molecular complexity index is 536. The van der Waals surface area contributed by atoms with Crippen molar-refractivity contribution in [2.24, 2.45) is 0 Å². The van der Waals surface area contributed by atoms with Gasteiger partial charge in [0.15, 0.2) is 0 Å². The van der Waals surface area contributed by atoms with Crippen LogP contribution in [0.2, 0.25) is 0 Å². The molecule has 19 heavy (non-hydrogen) atoms.